The largest absolute Gasteiger partial charge is 0.476 e. The SMILES string of the molecule is CS(=O)(=O)CCCNc1c(C(=O)O)nnc2ccccc12. The van der Waals surface area contributed by atoms with Crippen LogP contribution in [0.4, 0.5) is 5.69 Å². The van der Waals surface area contributed by atoms with Gasteiger partial charge in [0.15, 0.2) is 5.69 Å². The van der Waals surface area contributed by atoms with Crippen molar-refractivity contribution in [3.63, 3.8) is 0 Å². The van der Waals surface area contributed by atoms with Crippen LogP contribution in [0.15, 0.2) is 24.3 Å². The van der Waals surface area contributed by atoms with Crippen molar-refractivity contribution in [1.82, 2.24) is 10.2 Å². The van der Waals surface area contributed by atoms with E-state index in [0.717, 1.165) is 0 Å². The van der Waals surface area contributed by atoms with E-state index in [1.165, 1.54) is 6.26 Å². The van der Waals surface area contributed by atoms with Crippen molar-refractivity contribution in [1.29, 1.82) is 0 Å². The van der Waals surface area contributed by atoms with E-state index >= 15 is 0 Å². The highest BCUT2D eigenvalue weighted by Crippen LogP contribution is 2.24. The number of carboxylic acids is 1. The van der Waals surface area contributed by atoms with E-state index in [-0.39, 0.29) is 11.4 Å². The van der Waals surface area contributed by atoms with Crippen LogP contribution in [0.1, 0.15) is 16.9 Å². The third-order valence-corrected chi connectivity index (χ3v) is 3.89. The number of nitrogens with one attached hydrogen (secondary N) is 1. The Morgan fingerprint density at radius 1 is 1.29 bits per heavy atom. The average molecular weight is 309 g/mol. The Bertz CT molecular complexity index is 774. The lowest BCUT2D eigenvalue weighted by atomic mass is 10.1. The van der Waals surface area contributed by atoms with Gasteiger partial charge in [0.2, 0.25) is 0 Å². The van der Waals surface area contributed by atoms with Gasteiger partial charge in [-0.2, -0.15) is 0 Å². The average Bonchev–Trinajstić information content (AvgIpc) is 2.42. The van der Waals surface area contributed by atoms with Gasteiger partial charge in [0, 0.05) is 18.2 Å². The molecule has 2 N–H and O–H groups in total. The number of aromatic carboxylic acids is 1. The number of hydrogen-bond donors (Lipinski definition) is 2. The zero-order valence-electron chi connectivity index (χ0n) is 11.4. The maximum Gasteiger partial charge on any atom is 0.358 e. The molecule has 1 heterocycles. The summed E-state index contributed by atoms with van der Waals surface area (Å²) in [5.74, 6) is -1.14. The molecule has 0 spiro atoms. The van der Waals surface area contributed by atoms with E-state index in [1.54, 1.807) is 24.3 Å². The predicted octanol–water partition coefficient (Wildman–Crippen LogP) is 1.17. The van der Waals surface area contributed by atoms with Crippen LogP contribution in [0.3, 0.4) is 0 Å². The number of carboxylic acid groups (broad SMARTS) is 1. The van der Waals surface area contributed by atoms with Gasteiger partial charge in [-0.15, -0.1) is 10.2 Å². The van der Waals surface area contributed by atoms with Crippen molar-refractivity contribution in [3.8, 4) is 0 Å². The molecule has 112 valence electrons. The van der Waals surface area contributed by atoms with E-state index in [0.29, 0.717) is 29.6 Å². The molecule has 0 aliphatic heterocycles. The molecular formula is C13H15N3O4S. The standard InChI is InChI=1S/C13H15N3O4S/c1-21(19,20)8-4-7-14-11-9-5-2-3-6-10(9)15-16-12(11)13(17)18/h2-3,5-6H,4,7-8H2,1H3,(H,14,15)(H,17,18). The molecule has 0 fully saturated rings. The first-order valence-electron chi connectivity index (χ1n) is 6.29. The Balaban J connectivity index is 2.27. The fourth-order valence-corrected chi connectivity index (χ4v) is 2.60. The zero-order chi connectivity index (χ0) is 15.5. The molecule has 0 saturated carbocycles. The number of sulfone groups is 1. The quantitative estimate of drug-likeness (QED) is 0.771. The predicted molar refractivity (Wildman–Crippen MR) is 79.3 cm³/mol. The van der Waals surface area contributed by atoms with Crippen molar-refractivity contribution in [2.45, 2.75) is 6.42 Å². The van der Waals surface area contributed by atoms with Crippen LogP contribution in [0.2, 0.25) is 0 Å². The summed E-state index contributed by atoms with van der Waals surface area (Å²) >= 11 is 0. The van der Waals surface area contributed by atoms with E-state index in [2.05, 4.69) is 15.5 Å². The van der Waals surface area contributed by atoms with Gasteiger partial charge in [-0.25, -0.2) is 13.2 Å². The molecule has 1 aromatic heterocycles. The molecule has 1 aromatic carbocycles. The molecule has 0 aliphatic rings. The molecular weight excluding hydrogens is 294 g/mol. The van der Waals surface area contributed by atoms with Crippen LogP contribution in [-0.2, 0) is 9.84 Å². The molecule has 0 unspecified atom stereocenters. The number of fused-ring (bicyclic) bond motifs is 1. The lowest BCUT2D eigenvalue weighted by Crippen LogP contribution is -2.14. The van der Waals surface area contributed by atoms with Crippen LogP contribution < -0.4 is 5.32 Å². The number of aromatic nitrogens is 2. The molecule has 7 nitrogen and oxygen atoms in total. The van der Waals surface area contributed by atoms with Gasteiger partial charge in [0.25, 0.3) is 0 Å². The fraction of sp³-hybridized carbons (Fsp3) is 0.308. The molecule has 0 aliphatic carbocycles. The monoisotopic (exact) mass is 309 g/mol. The Labute approximate surface area is 121 Å². The van der Waals surface area contributed by atoms with Gasteiger partial charge in [-0.3, -0.25) is 0 Å². The second kappa shape index (κ2) is 6.04. The van der Waals surface area contributed by atoms with Crippen molar-refractivity contribution < 1.29 is 18.3 Å². The Morgan fingerprint density at radius 3 is 2.67 bits per heavy atom. The first-order chi connectivity index (χ1) is 9.88. The maximum atomic E-state index is 11.2. The van der Waals surface area contributed by atoms with Gasteiger partial charge in [-0.05, 0) is 12.5 Å². The summed E-state index contributed by atoms with van der Waals surface area (Å²) in [6.45, 7) is 0.336. The fourth-order valence-electron chi connectivity index (χ4n) is 1.93. The Morgan fingerprint density at radius 2 is 2.00 bits per heavy atom. The molecule has 0 amide bonds. The van der Waals surface area contributed by atoms with Gasteiger partial charge in [0.05, 0.1) is 17.0 Å². The Kier molecular flexibility index (Phi) is 4.37. The van der Waals surface area contributed by atoms with Gasteiger partial charge in [-0.1, -0.05) is 18.2 Å². The van der Waals surface area contributed by atoms with Crippen LogP contribution in [0, 0.1) is 0 Å². The lowest BCUT2D eigenvalue weighted by Gasteiger charge is -2.11. The van der Waals surface area contributed by atoms with Gasteiger partial charge in [0.1, 0.15) is 9.84 Å². The van der Waals surface area contributed by atoms with Crippen molar-refractivity contribution in [2.75, 3.05) is 23.9 Å². The second-order valence-corrected chi connectivity index (χ2v) is 6.92. The number of anilines is 1. The first kappa shape index (κ1) is 15.2. The van der Waals surface area contributed by atoms with E-state index in [9.17, 15) is 18.3 Å². The van der Waals surface area contributed by atoms with Gasteiger partial charge < -0.3 is 10.4 Å². The first-order valence-corrected chi connectivity index (χ1v) is 8.35. The molecule has 0 radical (unpaired) electrons. The smallest absolute Gasteiger partial charge is 0.358 e. The number of rotatable bonds is 6. The zero-order valence-corrected chi connectivity index (χ0v) is 12.2. The van der Waals surface area contributed by atoms with E-state index in [1.807, 2.05) is 0 Å². The third-order valence-electron chi connectivity index (χ3n) is 2.86. The highest BCUT2D eigenvalue weighted by molar-refractivity contribution is 7.90. The van der Waals surface area contributed by atoms with Crippen molar-refractivity contribution in [2.24, 2.45) is 0 Å². The Hall–Kier alpha value is -2.22. The topological polar surface area (TPSA) is 109 Å². The number of benzene rings is 1. The highest BCUT2D eigenvalue weighted by Gasteiger charge is 2.16. The summed E-state index contributed by atoms with van der Waals surface area (Å²) in [6.07, 6.45) is 1.55. The van der Waals surface area contributed by atoms with E-state index in [4.69, 9.17) is 0 Å². The number of carbonyl (C=O) groups is 1. The molecule has 0 saturated heterocycles. The van der Waals surface area contributed by atoms with Crippen LogP contribution in [-0.4, -0.2) is 48.2 Å². The minimum absolute atomic E-state index is 0.0405. The molecule has 21 heavy (non-hydrogen) atoms. The summed E-state index contributed by atoms with van der Waals surface area (Å²) in [7, 11) is -3.03. The minimum atomic E-state index is -3.03. The van der Waals surface area contributed by atoms with Gasteiger partial charge >= 0.3 is 5.97 Å². The van der Waals surface area contributed by atoms with Crippen LogP contribution in [0.25, 0.3) is 10.9 Å². The molecule has 0 bridgehead atoms. The highest BCUT2D eigenvalue weighted by atomic mass is 32.2. The number of nitrogens with zero attached hydrogens (tertiary/aromatic N) is 2. The molecule has 0 atom stereocenters. The third kappa shape index (κ3) is 3.88. The molecule has 2 aromatic rings. The van der Waals surface area contributed by atoms with E-state index < -0.39 is 15.8 Å². The van der Waals surface area contributed by atoms with Crippen molar-refractivity contribution >= 4 is 32.4 Å². The van der Waals surface area contributed by atoms with Crippen LogP contribution >= 0.6 is 0 Å². The normalized spacial score (nSPS) is 11.5. The second-order valence-electron chi connectivity index (χ2n) is 4.66. The summed E-state index contributed by atoms with van der Waals surface area (Å²) in [6, 6.07) is 7.03. The van der Waals surface area contributed by atoms with Crippen LogP contribution in [0.5, 0.6) is 0 Å². The summed E-state index contributed by atoms with van der Waals surface area (Å²) in [4.78, 5) is 11.2. The molecule has 2 rings (SSSR count). The minimum Gasteiger partial charge on any atom is -0.476 e. The maximum absolute atomic E-state index is 11.2. The summed E-state index contributed by atoms with van der Waals surface area (Å²) in [5.41, 5.74) is 0.766. The lowest BCUT2D eigenvalue weighted by molar-refractivity contribution is 0.0690. The molecule has 8 heteroatoms. The summed E-state index contributed by atoms with van der Waals surface area (Å²) < 4.78 is 22.2. The summed E-state index contributed by atoms with van der Waals surface area (Å²) in [5, 5.41) is 20.3. The van der Waals surface area contributed by atoms with Crippen molar-refractivity contribution in [3.05, 3.63) is 30.0 Å². The number of hydrogen-bond acceptors (Lipinski definition) is 6.